The molecular weight excluding hydrogens is 398 g/mol. The van der Waals surface area contributed by atoms with E-state index in [0.29, 0.717) is 12.1 Å². The molecule has 0 fully saturated rings. The lowest BCUT2D eigenvalue weighted by Crippen LogP contribution is -2.06. The van der Waals surface area contributed by atoms with Gasteiger partial charge >= 0.3 is 5.97 Å². The Morgan fingerprint density at radius 3 is 1.97 bits per heavy atom. The largest absolute Gasteiger partial charge is 0.465 e. The van der Waals surface area contributed by atoms with E-state index in [1.54, 1.807) is 36.4 Å². The number of hydrogen-bond acceptors (Lipinski definition) is 3. The highest BCUT2D eigenvalue weighted by molar-refractivity contribution is 5.89. The zero-order valence-electron chi connectivity index (χ0n) is 17.1. The third-order valence-corrected chi connectivity index (χ3v) is 5.13. The number of benzene rings is 3. The molecule has 0 N–H and O–H groups in total. The number of halogens is 2. The van der Waals surface area contributed by atoms with Crippen molar-refractivity contribution < 1.29 is 18.3 Å². The molecule has 156 valence electrons. The molecule has 0 aliphatic rings. The number of nitrogens with zero attached hydrogens (tertiary/aromatic N) is 2. The monoisotopic (exact) mass is 418 g/mol. The van der Waals surface area contributed by atoms with Gasteiger partial charge in [0.05, 0.1) is 30.6 Å². The van der Waals surface area contributed by atoms with Crippen molar-refractivity contribution in [3.63, 3.8) is 0 Å². The zero-order chi connectivity index (χ0) is 22.0. The predicted octanol–water partition coefficient (Wildman–Crippen LogP) is 5.64. The number of methoxy groups -OCH3 is 1. The third-order valence-electron chi connectivity index (χ3n) is 5.13. The van der Waals surface area contributed by atoms with Crippen molar-refractivity contribution in [3.8, 4) is 22.5 Å². The highest BCUT2D eigenvalue weighted by Gasteiger charge is 2.18. The summed E-state index contributed by atoms with van der Waals surface area (Å²) in [7, 11) is 1.34. The van der Waals surface area contributed by atoms with Crippen LogP contribution in [0.3, 0.4) is 0 Å². The molecule has 0 saturated heterocycles. The Morgan fingerprint density at radius 2 is 1.42 bits per heavy atom. The minimum absolute atomic E-state index is 0.315. The molecular formula is C25H20F2N2O2. The van der Waals surface area contributed by atoms with Gasteiger partial charge in [0, 0.05) is 16.7 Å². The van der Waals surface area contributed by atoms with Crippen molar-refractivity contribution in [1.29, 1.82) is 0 Å². The van der Waals surface area contributed by atoms with E-state index < -0.39 is 5.97 Å². The van der Waals surface area contributed by atoms with E-state index in [-0.39, 0.29) is 11.6 Å². The van der Waals surface area contributed by atoms with Gasteiger partial charge in [-0.3, -0.25) is 4.68 Å². The van der Waals surface area contributed by atoms with E-state index >= 15 is 0 Å². The molecule has 0 radical (unpaired) electrons. The van der Waals surface area contributed by atoms with Crippen LogP contribution in [0, 0.1) is 18.6 Å². The second-order valence-electron chi connectivity index (χ2n) is 7.18. The van der Waals surface area contributed by atoms with Gasteiger partial charge in [-0.05, 0) is 73.2 Å². The van der Waals surface area contributed by atoms with Crippen LogP contribution in [0.25, 0.3) is 22.5 Å². The second-order valence-corrected chi connectivity index (χ2v) is 7.18. The van der Waals surface area contributed by atoms with Crippen molar-refractivity contribution in [1.82, 2.24) is 9.78 Å². The lowest BCUT2D eigenvalue weighted by atomic mass is 10.0. The Balaban J connectivity index is 1.78. The van der Waals surface area contributed by atoms with Crippen LogP contribution in [0.1, 0.15) is 21.5 Å². The lowest BCUT2D eigenvalue weighted by Gasteiger charge is -2.10. The molecule has 4 aromatic rings. The van der Waals surface area contributed by atoms with Crippen LogP contribution in [-0.4, -0.2) is 22.9 Å². The molecule has 1 heterocycles. The van der Waals surface area contributed by atoms with Crippen molar-refractivity contribution in [3.05, 3.63) is 101 Å². The molecule has 4 rings (SSSR count). The first-order chi connectivity index (χ1) is 15.0. The molecule has 0 unspecified atom stereocenters. The highest BCUT2D eigenvalue weighted by atomic mass is 19.1. The summed E-state index contributed by atoms with van der Waals surface area (Å²) in [6, 6.07) is 19.5. The first-order valence-electron chi connectivity index (χ1n) is 9.73. The smallest absolute Gasteiger partial charge is 0.337 e. The molecule has 1 aromatic heterocycles. The third kappa shape index (κ3) is 4.23. The van der Waals surface area contributed by atoms with Crippen LogP contribution in [0.4, 0.5) is 8.78 Å². The molecule has 0 aliphatic carbocycles. The summed E-state index contributed by atoms with van der Waals surface area (Å²) >= 11 is 0. The first-order valence-corrected chi connectivity index (χ1v) is 9.73. The summed E-state index contributed by atoms with van der Waals surface area (Å²) in [5.74, 6) is -1.03. The molecule has 0 aliphatic heterocycles. The maximum absolute atomic E-state index is 13.5. The van der Waals surface area contributed by atoms with Crippen LogP contribution < -0.4 is 0 Å². The molecule has 6 heteroatoms. The van der Waals surface area contributed by atoms with Gasteiger partial charge in [0.1, 0.15) is 11.6 Å². The Kier molecular flexibility index (Phi) is 5.62. The van der Waals surface area contributed by atoms with Crippen LogP contribution in [0.15, 0.2) is 72.8 Å². The van der Waals surface area contributed by atoms with Crippen LogP contribution >= 0.6 is 0 Å². The summed E-state index contributed by atoms with van der Waals surface area (Å²) in [4.78, 5) is 11.7. The van der Waals surface area contributed by atoms with Crippen molar-refractivity contribution in [2.45, 2.75) is 13.5 Å². The summed E-state index contributed by atoms with van der Waals surface area (Å²) in [5, 5.41) is 4.79. The molecule has 0 bridgehead atoms. The quantitative estimate of drug-likeness (QED) is 0.394. The van der Waals surface area contributed by atoms with Gasteiger partial charge < -0.3 is 4.74 Å². The number of rotatable bonds is 5. The highest BCUT2D eigenvalue weighted by Crippen LogP contribution is 2.32. The Labute approximate surface area is 178 Å². The molecule has 0 atom stereocenters. The Hall–Kier alpha value is -3.80. The summed E-state index contributed by atoms with van der Waals surface area (Å²) < 4.78 is 33.5. The van der Waals surface area contributed by atoms with Gasteiger partial charge in [0.2, 0.25) is 0 Å². The number of carbonyl (C=O) groups excluding carboxylic acids is 1. The fourth-order valence-electron chi connectivity index (χ4n) is 3.56. The summed E-state index contributed by atoms with van der Waals surface area (Å²) in [6.07, 6.45) is 0. The average Bonchev–Trinajstić information content (AvgIpc) is 3.10. The molecule has 0 spiro atoms. The van der Waals surface area contributed by atoms with Crippen LogP contribution in [-0.2, 0) is 11.3 Å². The zero-order valence-corrected chi connectivity index (χ0v) is 17.1. The van der Waals surface area contributed by atoms with Gasteiger partial charge in [-0.15, -0.1) is 0 Å². The number of hydrogen-bond donors (Lipinski definition) is 0. The van der Waals surface area contributed by atoms with Gasteiger partial charge in [0.25, 0.3) is 0 Å². The number of esters is 1. The molecule has 4 nitrogen and oxygen atoms in total. The van der Waals surface area contributed by atoms with Gasteiger partial charge in [-0.1, -0.05) is 12.1 Å². The van der Waals surface area contributed by atoms with E-state index in [0.717, 1.165) is 33.6 Å². The van der Waals surface area contributed by atoms with E-state index in [9.17, 15) is 13.6 Å². The Morgan fingerprint density at radius 1 is 0.871 bits per heavy atom. The fraction of sp³-hybridized carbons (Fsp3) is 0.120. The van der Waals surface area contributed by atoms with Gasteiger partial charge in [-0.2, -0.15) is 5.10 Å². The van der Waals surface area contributed by atoms with Gasteiger partial charge in [0.15, 0.2) is 0 Å². The average molecular weight is 418 g/mol. The van der Waals surface area contributed by atoms with E-state index in [1.165, 1.54) is 31.4 Å². The second kappa shape index (κ2) is 8.52. The van der Waals surface area contributed by atoms with Crippen molar-refractivity contribution in [2.75, 3.05) is 7.11 Å². The van der Waals surface area contributed by atoms with Crippen LogP contribution in [0.5, 0.6) is 0 Å². The first kappa shape index (κ1) is 20.5. The normalized spacial score (nSPS) is 10.8. The molecule has 3 aromatic carbocycles. The molecule has 31 heavy (non-hydrogen) atoms. The number of ether oxygens (including phenoxy) is 1. The summed E-state index contributed by atoms with van der Waals surface area (Å²) in [6.45, 7) is 2.39. The minimum atomic E-state index is -0.396. The van der Waals surface area contributed by atoms with Gasteiger partial charge in [-0.25, -0.2) is 13.6 Å². The fourth-order valence-corrected chi connectivity index (χ4v) is 3.56. The lowest BCUT2D eigenvalue weighted by molar-refractivity contribution is 0.0600. The van der Waals surface area contributed by atoms with E-state index in [1.807, 2.05) is 23.7 Å². The topological polar surface area (TPSA) is 44.1 Å². The van der Waals surface area contributed by atoms with Crippen molar-refractivity contribution in [2.24, 2.45) is 0 Å². The van der Waals surface area contributed by atoms with E-state index in [2.05, 4.69) is 0 Å². The maximum atomic E-state index is 13.5. The molecule has 0 amide bonds. The van der Waals surface area contributed by atoms with E-state index in [4.69, 9.17) is 9.84 Å². The summed E-state index contributed by atoms with van der Waals surface area (Å²) in [5.41, 5.74) is 5.50. The Bertz CT molecular complexity index is 1210. The predicted molar refractivity (Wildman–Crippen MR) is 115 cm³/mol. The SMILES string of the molecule is COC(=O)c1ccc(Cn2nc(-c3ccc(F)cc3)c(C)c2-c2ccc(F)cc2)cc1. The number of aromatic nitrogens is 2. The maximum Gasteiger partial charge on any atom is 0.337 e. The standard InChI is InChI=1S/C25H20F2N2O2/c1-16-23(18-7-11-21(26)12-8-18)28-29(24(16)19-9-13-22(27)14-10-19)15-17-3-5-20(6-4-17)25(30)31-2/h3-14H,15H2,1-2H3. The van der Waals surface area contributed by atoms with Crippen LogP contribution in [0.2, 0.25) is 0 Å². The molecule has 0 saturated carbocycles. The minimum Gasteiger partial charge on any atom is -0.465 e. The number of carbonyl (C=O) groups is 1. The van der Waals surface area contributed by atoms with Crippen molar-refractivity contribution >= 4 is 5.97 Å².